The second-order valence-electron chi connectivity index (χ2n) is 3.48. The molecular weight excluding hydrogens is 206 g/mol. The molecule has 1 aliphatic rings. The Balaban J connectivity index is 2.97. The maximum Gasteiger partial charge on any atom is 0.261 e. The Morgan fingerprint density at radius 1 is 1.25 bits per heavy atom. The van der Waals surface area contributed by atoms with E-state index in [9.17, 15) is 9.59 Å². The Morgan fingerprint density at radius 2 is 1.88 bits per heavy atom. The molecule has 88 valence electrons. The van der Waals surface area contributed by atoms with Crippen molar-refractivity contribution >= 4 is 11.8 Å². The molecule has 0 N–H and O–H groups in total. The minimum Gasteiger partial charge on any atom is -0.383 e. The van der Waals surface area contributed by atoms with Crippen LogP contribution in [0.5, 0.6) is 0 Å². The smallest absolute Gasteiger partial charge is 0.261 e. The largest absolute Gasteiger partial charge is 0.383 e. The van der Waals surface area contributed by atoms with Crippen LogP contribution in [0, 0.1) is 0 Å². The first-order valence-electron chi connectivity index (χ1n) is 5.39. The van der Waals surface area contributed by atoms with Gasteiger partial charge in [0.25, 0.3) is 11.8 Å². The summed E-state index contributed by atoms with van der Waals surface area (Å²) in [5, 5.41) is 0. The molecule has 0 saturated carbocycles. The highest BCUT2D eigenvalue weighted by atomic mass is 16.5. The molecule has 0 aromatic rings. The van der Waals surface area contributed by atoms with Gasteiger partial charge in [-0.05, 0) is 13.3 Å². The highest BCUT2D eigenvalue weighted by Crippen LogP contribution is 2.24. The average Bonchev–Trinajstić information content (AvgIpc) is 2.50. The number of ether oxygens (including phenoxy) is 1. The first-order valence-corrected chi connectivity index (χ1v) is 5.39. The molecule has 0 bridgehead atoms. The van der Waals surface area contributed by atoms with Crippen LogP contribution in [-0.2, 0) is 14.3 Å². The maximum absolute atomic E-state index is 11.9. The second-order valence-corrected chi connectivity index (χ2v) is 3.48. The summed E-state index contributed by atoms with van der Waals surface area (Å²) in [6, 6.07) is 0. The van der Waals surface area contributed by atoms with Crippen LogP contribution in [0.25, 0.3) is 0 Å². The van der Waals surface area contributed by atoms with Gasteiger partial charge in [0.2, 0.25) is 0 Å². The molecule has 1 heterocycles. The van der Waals surface area contributed by atoms with Crippen molar-refractivity contribution in [3.8, 4) is 0 Å². The molecule has 1 fully saturated rings. The summed E-state index contributed by atoms with van der Waals surface area (Å²) in [4.78, 5) is 25.0. The number of methoxy groups -OCH3 is 1. The third-order valence-corrected chi connectivity index (χ3v) is 2.46. The molecular formula is C12H17NO3. The summed E-state index contributed by atoms with van der Waals surface area (Å²) in [5.74, 6) is -0.429. The SMILES string of the molecule is C/C=C1/C(=O)N(CCOC)C(=O)/C1=C/CC. The third-order valence-electron chi connectivity index (χ3n) is 2.46. The van der Waals surface area contributed by atoms with Gasteiger partial charge < -0.3 is 4.74 Å². The zero-order valence-electron chi connectivity index (χ0n) is 9.95. The van der Waals surface area contributed by atoms with E-state index in [4.69, 9.17) is 4.74 Å². The summed E-state index contributed by atoms with van der Waals surface area (Å²) < 4.78 is 4.88. The molecule has 4 heteroatoms. The lowest BCUT2D eigenvalue weighted by Gasteiger charge is -2.11. The van der Waals surface area contributed by atoms with Crippen molar-refractivity contribution in [1.29, 1.82) is 0 Å². The van der Waals surface area contributed by atoms with Crippen molar-refractivity contribution < 1.29 is 14.3 Å². The lowest BCUT2D eigenvalue weighted by molar-refractivity contribution is -0.137. The van der Waals surface area contributed by atoms with Crippen LogP contribution in [0.1, 0.15) is 20.3 Å². The number of amides is 2. The molecule has 0 radical (unpaired) electrons. The van der Waals surface area contributed by atoms with E-state index in [1.165, 1.54) is 4.90 Å². The quantitative estimate of drug-likeness (QED) is 0.533. The van der Waals surface area contributed by atoms with Crippen LogP contribution in [0.15, 0.2) is 23.3 Å². The lowest BCUT2D eigenvalue weighted by Crippen LogP contribution is -2.32. The van der Waals surface area contributed by atoms with Gasteiger partial charge in [-0.15, -0.1) is 0 Å². The fourth-order valence-corrected chi connectivity index (χ4v) is 1.68. The van der Waals surface area contributed by atoms with Crippen molar-refractivity contribution in [1.82, 2.24) is 4.90 Å². The zero-order valence-corrected chi connectivity index (χ0v) is 9.95. The number of likely N-dealkylation sites (tertiary alicyclic amines) is 1. The highest BCUT2D eigenvalue weighted by Gasteiger charge is 2.37. The van der Waals surface area contributed by atoms with Crippen LogP contribution >= 0.6 is 0 Å². The Kier molecular flexibility index (Phi) is 4.43. The van der Waals surface area contributed by atoms with Crippen molar-refractivity contribution in [2.24, 2.45) is 0 Å². The van der Waals surface area contributed by atoms with Gasteiger partial charge in [0.15, 0.2) is 0 Å². The van der Waals surface area contributed by atoms with E-state index < -0.39 is 0 Å². The first-order chi connectivity index (χ1) is 7.67. The number of hydrogen-bond donors (Lipinski definition) is 0. The predicted molar refractivity (Wildman–Crippen MR) is 60.7 cm³/mol. The number of carbonyl (C=O) groups excluding carboxylic acids is 2. The zero-order chi connectivity index (χ0) is 12.1. The summed E-state index contributed by atoms with van der Waals surface area (Å²) >= 11 is 0. The van der Waals surface area contributed by atoms with Crippen LogP contribution in [0.3, 0.4) is 0 Å². The van der Waals surface area contributed by atoms with Gasteiger partial charge in [-0.25, -0.2) is 0 Å². The van der Waals surface area contributed by atoms with Crippen LogP contribution in [0.4, 0.5) is 0 Å². The first kappa shape index (κ1) is 12.6. The number of nitrogens with zero attached hydrogens (tertiary/aromatic N) is 1. The Labute approximate surface area is 95.6 Å². The van der Waals surface area contributed by atoms with Crippen LogP contribution in [0.2, 0.25) is 0 Å². The van der Waals surface area contributed by atoms with E-state index in [1.54, 1.807) is 26.2 Å². The molecule has 1 rings (SSSR count). The number of hydrogen-bond acceptors (Lipinski definition) is 3. The van der Waals surface area contributed by atoms with Gasteiger partial charge in [0.1, 0.15) is 0 Å². The third kappa shape index (κ3) is 2.22. The Morgan fingerprint density at radius 3 is 2.38 bits per heavy atom. The van der Waals surface area contributed by atoms with Crippen molar-refractivity contribution in [3.05, 3.63) is 23.3 Å². The van der Waals surface area contributed by atoms with E-state index in [-0.39, 0.29) is 11.8 Å². The van der Waals surface area contributed by atoms with E-state index in [0.717, 1.165) is 6.42 Å². The van der Waals surface area contributed by atoms with Gasteiger partial charge in [-0.2, -0.15) is 0 Å². The number of allylic oxidation sites excluding steroid dienone is 2. The van der Waals surface area contributed by atoms with Crippen molar-refractivity contribution in [3.63, 3.8) is 0 Å². The molecule has 0 aromatic heterocycles. The maximum atomic E-state index is 11.9. The normalized spacial score (nSPS) is 21.6. The summed E-state index contributed by atoms with van der Waals surface area (Å²) in [6.45, 7) is 4.39. The molecule has 16 heavy (non-hydrogen) atoms. The molecule has 1 aliphatic heterocycles. The molecule has 0 aromatic carbocycles. The van der Waals surface area contributed by atoms with Gasteiger partial charge in [0, 0.05) is 18.3 Å². The summed E-state index contributed by atoms with van der Waals surface area (Å²) in [7, 11) is 1.55. The van der Waals surface area contributed by atoms with E-state index in [1.807, 2.05) is 6.92 Å². The van der Waals surface area contributed by atoms with E-state index in [0.29, 0.717) is 24.3 Å². The Bertz CT molecular complexity index is 355. The molecule has 2 amide bonds. The summed E-state index contributed by atoms with van der Waals surface area (Å²) in [6.07, 6.45) is 4.22. The minimum absolute atomic E-state index is 0.211. The fourth-order valence-electron chi connectivity index (χ4n) is 1.68. The van der Waals surface area contributed by atoms with E-state index >= 15 is 0 Å². The monoisotopic (exact) mass is 223 g/mol. The molecule has 4 nitrogen and oxygen atoms in total. The number of imide groups is 1. The van der Waals surface area contributed by atoms with Crippen LogP contribution in [-0.4, -0.2) is 37.0 Å². The molecule has 1 saturated heterocycles. The lowest BCUT2D eigenvalue weighted by atomic mass is 10.1. The standard InChI is InChI=1S/C12H17NO3/c1-4-6-10-9(5-2)11(14)13(12(10)15)7-8-16-3/h5-6H,4,7-8H2,1-3H3/b9-5+,10-6+. The van der Waals surface area contributed by atoms with Gasteiger partial charge in [-0.3, -0.25) is 14.5 Å². The molecule has 0 aliphatic carbocycles. The second kappa shape index (κ2) is 5.61. The predicted octanol–water partition coefficient (Wildman–Crippen LogP) is 1.28. The van der Waals surface area contributed by atoms with Gasteiger partial charge in [0.05, 0.1) is 13.2 Å². The highest BCUT2D eigenvalue weighted by molar-refractivity contribution is 6.24. The topological polar surface area (TPSA) is 46.6 Å². The minimum atomic E-state index is -0.218. The van der Waals surface area contributed by atoms with Gasteiger partial charge >= 0.3 is 0 Å². The number of carbonyl (C=O) groups is 2. The average molecular weight is 223 g/mol. The van der Waals surface area contributed by atoms with Crippen molar-refractivity contribution in [2.75, 3.05) is 20.3 Å². The fraction of sp³-hybridized carbons (Fsp3) is 0.500. The van der Waals surface area contributed by atoms with E-state index in [2.05, 4.69) is 0 Å². The summed E-state index contributed by atoms with van der Waals surface area (Å²) in [5.41, 5.74) is 1.02. The molecule has 0 spiro atoms. The molecule has 0 atom stereocenters. The Hall–Kier alpha value is -1.42. The van der Waals surface area contributed by atoms with Crippen LogP contribution < -0.4 is 0 Å². The van der Waals surface area contributed by atoms with Gasteiger partial charge in [-0.1, -0.05) is 19.1 Å². The number of rotatable bonds is 4. The molecule has 0 unspecified atom stereocenters. The van der Waals surface area contributed by atoms with Crippen molar-refractivity contribution in [2.45, 2.75) is 20.3 Å².